The van der Waals surface area contributed by atoms with Gasteiger partial charge in [0.1, 0.15) is 5.75 Å². The average Bonchev–Trinajstić information content (AvgIpc) is 2.24. The fourth-order valence-corrected chi connectivity index (χ4v) is 1.31. The van der Waals surface area contributed by atoms with Gasteiger partial charge in [0.2, 0.25) is 0 Å². The first-order chi connectivity index (χ1) is 7.24. The van der Waals surface area contributed by atoms with Gasteiger partial charge in [0.05, 0.1) is 6.61 Å². The first-order valence-corrected chi connectivity index (χ1v) is 5.65. The Hall–Kier alpha value is -1.02. The first kappa shape index (κ1) is 12.1. The van der Waals surface area contributed by atoms with Gasteiger partial charge < -0.3 is 10.1 Å². The molecule has 15 heavy (non-hydrogen) atoms. The Morgan fingerprint density at radius 2 is 2.00 bits per heavy atom. The van der Waals surface area contributed by atoms with E-state index in [1.54, 1.807) is 0 Å². The molecule has 0 spiro atoms. The summed E-state index contributed by atoms with van der Waals surface area (Å²) in [4.78, 5) is 0. The van der Waals surface area contributed by atoms with Crippen molar-refractivity contribution >= 4 is 0 Å². The second-order valence-corrected chi connectivity index (χ2v) is 4.09. The zero-order valence-corrected chi connectivity index (χ0v) is 9.92. The zero-order chi connectivity index (χ0) is 11.1. The molecule has 0 atom stereocenters. The largest absolute Gasteiger partial charge is 0.493 e. The summed E-state index contributed by atoms with van der Waals surface area (Å²) in [6.45, 7) is 9.07. The molecule has 0 bridgehead atoms. The van der Waals surface area contributed by atoms with Crippen molar-refractivity contribution in [2.45, 2.75) is 27.3 Å². The summed E-state index contributed by atoms with van der Waals surface area (Å²) < 4.78 is 5.76. The Labute approximate surface area is 92.6 Å². The van der Waals surface area contributed by atoms with Crippen molar-refractivity contribution in [3.05, 3.63) is 29.8 Å². The number of para-hydroxylation sites is 1. The van der Waals surface area contributed by atoms with Gasteiger partial charge in [-0.1, -0.05) is 39.0 Å². The molecule has 1 aromatic carbocycles. The van der Waals surface area contributed by atoms with E-state index in [-0.39, 0.29) is 0 Å². The predicted octanol–water partition coefficient (Wildman–Crippen LogP) is 2.83. The summed E-state index contributed by atoms with van der Waals surface area (Å²) in [5.74, 6) is 1.57. The van der Waals surface area contributed by atoms with Gasteiger partial charge in [-0.15, -0.1) is 0 Å². The highest BCUT2D eigenvalue weighted by molar-refractivity contribution is 5.33. The molecule has 84 valence electrons. The Morgan fingerprint density at radius 1 is 1.27 bits per heavy atom. The third kappa shape index (κ3) is 4.34. The maximum Gasteiger partial charge on any atom is 0.123 e. The third-order valence-corrected chi connectivity index (χ3v) is 2.11. The summed E-state index contributed by atoms with van der Waals surface area (Å²) in [6.07, 6.45) is 0. The highest BCUT2D eigenvalue weighted by Crippen LogP contribution is 2.18. The zero-order valence-electron chi connectivity index (χ0n) is 9.92. The van der Waals surface area contributed by atoms with Gasteiger partial charge in [-0.25, -0.2) is 0 Å². The molecule has 0 unspecified atom stereocenters. The third-order valence-electron chi connectivity index (χ3n) is 2.11. The Kier molecular flexibility index (Phi) is 5.19. The average molecular weight is 207 g/mol. The van der Waals surface area contributed by atoms with E-state index in [1.807, 2.05) is 12.1 Å². The van der Waals surface area contributed by atoms with Gasteiger partial charge in [-0.05, 0) is 18.5 Å². The Morgan fingerprint density at radius 3 is 2.67 bits per heavy atom. The molecule has 0 saturated heterocycles. The molecule has 0 aliphatic heterocycles. The van der Waals surface area contributed by atoms with Crippen LogP contribution in [0.15, 0.2) is 24.3 Å². The predicted molar refractivity (Wildman–Crippen MR) is 64.2 cm³/mol. The Bertz CT molecular complexity index is 284. The quantitative estimate of drug-likeness (QED) is 0.774. The van der Waals surface area contributed by atoms with Crippen LogP contribution in [0.3, 0.4) is 0 Å². The number of ether oxygens (including phenoxy) is 1. The van der Waals surface area contributed by atoms with Gasteiger partial charge in [0.25, 0.3) is 0 Å². The highest BCUT2D eigenvalue weighted by Gasteiger charge is 2.02. The molecule has 0 aliphatic carbocycles. The molecule has 1 aromatic rings. The highest BCUT2D eigenvalue weighted by atomic mass is 16.5. The van der Waals surface area contributed by atoms with Gasteiger partial charge in [-0.3, -0.25) is 0 Å². The second-order valence-electron chi connectivity index (χ2n) is 4.09. The Balaban J connectivity index is 2.59. The van der Waals surface area contributed by atoms with Crippen molar-refractivity contribution in [1.82, 2.24) is 5.32 Å². The lowest BCUT2D eigenvalue weighted by atomic mass is 10.2. The molecular weight excluding hydrogens is 186 g/mol. The van der Waals surface area contributed by atoms with E-state index in [0.717, 1.165) is 25.4 Å². The van der Waals surface area contributed by atoms with Crippen LogP contribution < -0.4 is 10.1 Å². The van der Waals surface area contributed by atoms with Gasteiger partial charge in [-0.2, -0.15) is 0 Å². The van der Waals surface area contributed by atoms with Crippen LogP contribution in [0.2, 0.25) is 0 Å². The van der Waals surface area contributed by atoms with Gasteiger partial charge >= 0.3 is 0 Å². The summed E-state index contributed by atoms with van der Waals surface area (Å²) >= 11 is 0. The molecule has 1 N–H and O–H groups in total. The minimum absolute atomic E-state index is 0.567. The second kappa shape index (κ2) is 6.46. The molecule has 0 heterocycles. The lowest BCUT2D eigenvalue weighted by Gasteiger charge is -2.13. The monoisotopic (exact) mass is 207 g/mol. The van der Waals surface area contributed by atoms with Crippen molar-refractivity contribution in [3.63, 3.8) is 0 Å². The number of benzene rings is 1. The fraction of sp³-hybridized carbons (Fsp3) is 0.538. The van der Waals surface area contributed by atoms with Crippen LogP contribution in [0.25, 0.3) is 0 Å². The molecular formula is C13H21NO. The smallest absolute Gasteiger partial charge is 0.123 e. The summed E-state index contributed by atoms with van der Waals surface area (Å²) in [5.41, 5.74) is 1.24. The standard InChI is InChI=1S/C13H21NO/c1-4-14-9-12-7-5-6-8-13(12)15-10-11(2)3/h5-8,11,14H,4,9-10H2,1-3H3. The van der Waals surface area contributed by atoms with Crippen molar-refractivity contribution in [1.29, 1.82) is 0 Å². The van der Waals surface area contributed by atoms with Crippen LogP contribution in [0, 0.1) is 5.92 Å². The minimum Gasteiger partial charge on any atom is -0.493 e. The molecule has 2 nitrogen and oxygen atoms in total. The van der Waals surface area contributed by atoms with Crippen LogP contribution in [0.4, 0.5) is 0 Å². The molecule has 0 aromatic heterocycles. The van der Waals surface area contributed by atoms with E-state index in [0.29, 0.717) is 5.92 Å². The van der Waals surface area contributed by atoms with E-state index >= 15 is 0 Å². The number of hydrogen-bond acceptors (Lipinski definition) is 2. The summed E-state index contributed by atoms with van der Waals surface area (Å²) in [6, 6.07) is 8.22. The van der Waals surface area contributed by atoms with E-state index in [9.17, 15) is 0 Å². The summed E-state index contributed by atoms with van der Waals surface area (Å²) in [7, 11) is 0. The maximum atomic E-state index is 5.76. The molecule has 0 amide bonds. The number of hydrogen-bond donors (Lipinski definition) is 1. The van der Waals surface area contributed by atoms with Crippen LogP contribution in [0.5, 0.6) is 5.75 Å². The fourth-order valence-electron chi connectivity index (χ4n) is 1.31. The topological polar surface area (TPSA) is 21.3 Å². The molecule has 2 heteroatoms. The molecule has 0 aliphatic rings. The SMILES string of the molecule is CCNCc1ccccc1OCC(C)C. The van der Waals surface area contributed by atoms with Crippen molar-refractivity contribution < 1.29 is 4.74 Å². The van der Waals surface area contributed by atoms with Crippen molar-refractivity contribution in [2.24, 2.45) is 5.92 Å². The van der Waals surface area contributed by atoms with Crippen LogP contribution in [-0.4, -0.2) is 13.2 Å². The lowest BCUT2D eigenvalue weighted by molar-refractivity contribution is 0.268. The van der Waals surface area contributed by atoms with E-state index < -0.39 is 0 Å². The van der Waals surface area contributed by atoms with E-state index in [1.165, 1.54) is 5.56 Å². The van der Waals surface area contributed by atoms with Gasteiger partial charge in [0, 0.05) is 12.1 Å². The van der Waals surface area contributed by atoms with Crippen LogP contribution in [0.1, 0.15) is 26.3 Å². The van der Waals surface area contributed by atoms with Crippen LogP contribution >= 0.6 is 0 Å². The number of nitrogens with one attached hydrogen (secondary N) is 1. The van der Waals surface area contributed by atoms with Crippen LogP contribution in [-0.2, 0) is 6.54 Å². The minimum atomic E-state index is 0.567. The first-order valence-electron chi connectivity index (χ1n) is 5.65. The maximum absolute atomic E-state index is 5.76. The van der Waals surface area contributed by atoms with E-state index in [2.05, 4.69) is 38.2 Å². The number of rotatable bonds is 6. The molecule has 0 fully saturated rings. The van der Waals surface area contributed by atoms with Crippen molar-refractivity contribution in [2.75, 3.05) is 13.2 Å². The summed E-state index contributed by atoms with van der Waals surface area (Å²) in [5, 5.41) is 3.31. The molecule has 0 radical (unpaired) electrons. The van der Waals surface area contributed by atoms with E-state index in [4.69, 9.17) is 4.74 Å². The molecule has 1 rings (SSSR count). The lowest BCUT2D eigenvalue weighted by Crippen LogP contribution is -2.13. The van der Waals surface area contributed by atoms with Crippen molar-refractivity contribution in [3.8, 4) is 5.75 Å². The van der Waals surface area contributed by atoms with Gasteiger partial charge in [0.15, 0.2) is 0 Å². The normalized spacial score (nSPS) is 10.7. The molecule has 0 saturated carbocycles.